The van der Waals surface area contributed by atoms with Crippen molar-refractivity contribution in [3.8, 4) is 0 Å². The molecule has 0 aliphatic heterocycles. The van der Waals surface area contributed by atoms with Crippen molar-refractivity contribution >= 4 is 16.9 Å². The number of fused-ring (bicyclic) bond motifs is 1. The minimum Gasteiger partial charge on any atom is -0.388 e. The molecule has 1 atom stereocenters. The van der Waals surface area contributed by atoms with Gasteiger partial charge in [0.25, 0.3) is 5.56 Å². The Hall–Kier alpha value is -2.15. The lowest BCUT2D eigenvalue weighted by Crippen LogP contribution is -2.44. The largest absolute Gasteiger partial charge is 0.388 e. The molecule has 138 valence electrons. The van der Waals surface area contributed by atoms with Crippen molar-refractivity contribution in [1.82, 2.24) is 20.1 Å². The predicted molar refractivity (Wildman–Crippen MR) is 97.6 cm³/mol. The van der Waals surface area contributed by atoms with E-state index in [2.05, 4.69) is 15.4 Å². The average Bonchev–Trinajstić information content (AvgIpc) is 2.79. The molecule has 0 fully saturated rings. The highest BCUT2D eigenvalue weighted by atomic mass is 16.3. The van der Waals surface area contributed by atoms with Gasteiger partial charge in [-0.1, -0.05) is 13.8 Å². The SMILES string of the molecule is Cc1nn(C)c2[nH]c(=O)c(CCC(=O)NCC(C)(O)C(C)C)c(C)c12. The molecule has 7 heteroatoms. The zero-order valence-corrected chi connectivity index (χ0v) is 15.9. The molecule has 0 aromatic carbocycles. The normalized spacial score (nSPS) is 14.1. The van der Waals surface area contributed by atoms with Gasteiger partial charge in [0.1, 0.15) is 5.65 Å². The highest BCUT2D eigenvalue weighted by molar-refractivity contribution is 5.83. The molecule has 1 amide bonds. The number of aryl methyl sites for hydroxylation is 3. The van der Waals surface area contributed by atoms with Crippen molar-refractivity contribution in [3.05, 3.63) is 27.2 Å². The van der Waals surface area contributed by atoms with Crippen LogP contribution in [0.3, 0.4) is 0 Å². The first-order valence-electron chi connectivity index (χ1n) is 8.58. The van der Waals surface area contributed by atoms with Crippen LogP contribution in [0.5, 0.6) is 0 Å². The summed E-state index contributed by atoms with van der Waals surface area (Å²) in [5.41, 5.74) is 1.89. The van der Waals surface area contributed by atoms with Crippen molar-refractivity contribution in [2.24, 2.45) is 13.0 Å². The quantitative estimate of drug-likeness (QED) is 0.733. The fourth-order valence-corrected chi connectivity index (χ4v) is 2.86. The van der Waals surface area contributed by atoms with Crippen molar-refractivity contribution < 1.29 is 9.90 Å². The Morgan fingerprint density at radius 3 is 2.64 bits per heavy atom. The Labute approximate surface area is 147 Å². The van der Waals surface area contributed by atoms with Gasteiger partial charge >= 0.3 is 0 Å². The number of amides is 1. The molecule has 25 heavy (non-hydrogen) atoms. The molecule has 0 bridgehead atoms. The molecular weight excluding hydrogens is 320 g/mol. The average molecular weight is 348 g/mol. The lowest BCUT2D eigenvalue weighted by atomic mass is 9.92. The van der Waals surface area contributed by atoms with Crippen LogP contribution in [-0.4, -0.2) is 37.9 Å². The second-order valence-electron chi connectivity index (χ2n) is 7.28. The topological polar surface area (TPSA) is 100 Å². The van der Waals surface area contributed by atoms with Crippen LogP contribution in [-0.2, 0) is 18.3 Å². The van der Waals surface area contributed by atoms with E-state index < -0.39 is 5.60 Å². The number of hydrogen-bond donors (Lipinski definition) is 3. The number of carbonyl (C=O) groups is 1. The lowest BCUT2D eigenvalue weighted by molar-refractivity contribution is -0.122. The number of nitrogens with one attached hydrogen (secondary N) is 2. The van der Waals surface area contributed by atoms with Gasteiger partial charge in [0, 0.05) is 31.0 Å². The van der Waals surface area contributed by atoms with Crippen LogP contribution in [0.4, 0.5) is 0 Å². The summed E-state index contributed by atoms with van der Waals surface area (Å²) < 4.78 is 1.66. The third kappa shape index (κ3) is 3.92. The molecule has 2 aromatic heterocycles. The summed E-state index contributed by atoms with van der Waals surface area (Å²) >= 11 is 0. The molecule has 0 aliphatic rings. The van der Waals surface area contributed by atoms with Crippen LogP contribution in [0.25, 0.3) is 11.0 Å². The summed E-state index contributed by atoms with van der Waals surface area (Å²) in [5, 5.41) is 18.2. The number of H-pyrrole nitrogens is 1. The third-order valence-electron chi connectivity index (χ3n) is 5.05. The number of pyridine rings is 1. The van der Waals surface area contributed by atoms with E-state index in [0.29, 0.717) is 17.6 Å². The van der Waals surface area contributed by atoms with Crippen LogP contribution >= 0.6 is 0 Å². The summed E-state index contributed by atoms with van der Waals surface area (Å²) in [5.74, 6) is -0.142. The highest BCUT2D eigenvalue weighted by Gasteiger charge is 2.25. The monoisotopic (exact) mass is 348 g/mol. The van der Waals surface area contributed by atoms with Gasteiger partial charge in [-0.25, -0.2) is 0 Å². The Bertz CT molecular complexity index is 846. The van der Waals surface area contributed by atoms with Crippen LogP contribution in [0, 0.1) is 19.8 Å². The number of hydrogen-bond acceptors (Lipinski definition) is 4. The van der Waals surface area contributed by atoms with Crippen molar-refractivity contribution in [3.63, 3.8) is 0 Å². The van der Waals surface area contributed by atoms with Gasteiger partial charge in [0.05, 0.1) is 11.3 Å². The lowest BCUT2D eigenvalue weighted by Gasteiger charge is -2.27. The maximum absolute atomic E-state index is 12.4. The molecular formula is C18H28N4O3. The summed E-state index contributed by atoms with van der Waals surface area (Å²) in [6, 6.07) is 0. The Balaban J connectivity index is 2.12. The molecule has 0 saturated carbocycles. The number of nitrogens with zero attached hydrogens (tertiary/aromatic N) is 2. The molecule has 2 heterocycles. The first-order valence-corrected chi connectivity index (χ1v) is 8.58. The summed E-state index contributed by atoms with van der Waals surface area (Å²) in [7, 11) is 1.79. The number of aliphatic hydroxyl groups is 1. The fraction of sp³-hybridized carbons (Fsp3) is 0.611. The fourth-order valence-electron chi connectivity index (χ4n) is 2.86. The van der Waals surface area contributed by atoms with Crippen LogP contribution in [0.1, 0.15) is 44.0 Å². The van der Waals surface area contributed by atoms with Gasteiger partial charge in [0.2, 0.25) is 5.91 Å². The highest BCUT2D eigenvalue weighted by Crippen LogP contribution is 2.21. The van der Waals surface area contributed by atoms with Crippen LogP contribution in [0.2, 0.25) is 0 Å². The molecule has 0 saturated heterocycles. The Morgan fingerprint density at radius 1 is 1.40 bits per heavy atom. The number of rotatable bonds is 6. The molecule has 2 aromatic rings. The van der Waals surface area contributed by atoms with E-state index in [1.165, 1.54) is 0 Å². The molecule has 0 aliphatic carbocycles. The molecule has 1 unspecified atom stereocenters. The third-order valence-corrected chi connectivity index (χ3v) is 5.05. The number of aromatic amines is 1. The number of aromatic nitrogens is 3. The first kappa shape index (κ1) is 19.2. The smallest absolute Gasteiger partial charge is 0.253 e. The molecule has 3 N–H and O–H groups in total. The first-order chi connectivity index (χ1) is 11.5. The summed E-state index contributed by atoms with van der Waals surface area (Å²) in [4.78, 5) is 27.3. The molecule has 7 nitrogen and oxygen atoms in total. The van der Waals surface area contributed by atoms with Crippen molar-refractivity contribution in [2.75, 3.05) is 6.54 Å². The standard InChI is InChI=1S/C18H28N4O3/c1-10(2)18(5,25)9-19-14(23)8-7-13-11(3)15-12(4)21-22(6)16(15)20-17(13)24/h10,25H,7-9H2,1-6H3,(H,19,23)(H,20,24). The van der Waals surface area contributed by atoms with Crippen LogP contribution < -0.4 is 10.9 Å². The van der Waals surface area contributed by atoms with E-state index in [0.717, 1.165) is 16.6 Å². The summed E-state index contributed by atoms with van der Waals surface area (Å²) in [6.07, 6.45) is 0.546. The maximum atomic E-state index is 12.4. The Kier molecular flexibility index (Phi) is 5.37. The van der Waals surface area contributed by atoms with E-state index in [4.69, 9.17) is 0 Å². The van der Waals surface area contributed by atoms with Gasteiger partial charge < -0.3 is 15.4 Å². The molecule has 2 rings (SSSR count). The zero-order valence-electron chi connectivity index (χ0n) is 15.9. The Morgan fingerprint density at radius 2 is 2.04 bits per heavy atom. The van der Waals surface area contributed by atoms with Gasteiger partial charge in [-0.05, 0) is 38.7 Å². The van der Waals surface area contributed by atoms with Gasteiger partial charge in [-0.2, -0.15) is 5.10 Å². The second kappa shape index (κ2) is 7.00. The van der Waals surface area contributed by atoms with E-state index in [1.807, 2.05) is 27.7 Å². The minimum atomic E-state index is -0.950. The van der Waals surface area contributed by atoms with Gasteiger partial charge in [-0.3, -0.25) is 14.3 Å². The predicted octanol–water partition coefficient (Wildman–Crippen LogP) is 1.33. The van der Waals surface area contributed by atoms with E-state index in [1.54, 1.807) is 18.7 Å². The van der Waals surface area contributed by atoms with E-state index >= 15 is 0 Å². The second-order valence-corrected chi connectivity index (χ2v) is 7.28. The maximum Gasteiger partial charge on any atom is 0.253 e. The van der Waals surface area contributed by atoms with Crippen molar-refractivity contribution in [2.45, 2.75) is 53.1 Å². The van der Waals surface area contributed by atoms with Gasteiger partial charge in [-0.15, -0.1) is 0 Å². The molecule has 0 spiro atoms. The number of carbonyl (C=O) groups excluding carboxylic acids is 1. The van der Waals surface area contributed by atoms with Gasteiger partial charge in [0.15, 0.2) is 0 Å². The van der Waals surface area contributed by atoms with E-state index in [9.17, 15) is 14.7 Å². The zero-order chi connectivity index (χ0) is 18.9. The summed E-state index contributed by atoms with van der Waals surface area (Å²) in [6.45, 7) is 9.49. The minimum absolute atomic E-state index is 0.0360. The van der Waals surface area contributed by atoms with Crippen molar-refractivity contribution in [1.29, 1.82) is 0 Å². The van der Waals surface area contributed by atoms with Crippen LogP contribution in [0.15, 0.2) is 4.79 Å². The molecule has 0 radical (unpaired) electrons. The van der Waals surface area contributed by atoms with E-state index in [-0.39, 0.29) is 30.3 Å².